The SMILES string of the molecule is N#C/C=C/[C@H]1C[C@@H]1c1cc(-c2c[nH]c(=O)[nH]c2=O)nnc1Cl. The van der Waals surface area contributed by atoms with Gasteiger partial charge in [0.15, 0.2) is 5.15 Å². The molecule has 0 spiro atoms. The summed E-state index contributed by atoms with van der Waals surface area (Å²) in [7, 11) is 0. The molecule has 3 rings (SSSR count). The fourth-order valence-corrected chi connectivity index (χ4v) is 2.57. The fraction of sp³-hybridized carbons (Fsp3) is 0.214. The molecule has 8 heteroatoms. The Balaban J connectivity index is 1.98. The average Bonchev–Trinajstić information content (AvgIpc) is 3.25. The second-order valence-electron chi connectivity index (χ2n) is 4.96. The van der Waals surface area contributed by atoms with E-state index in [9.17, 15) is 9.59 Å². The third-order valence-corrected chi connectivity index (χ3v) is 3.82. The number of allylic oxidation sites excluding steroid dienone is 2. The molecule has 2 heterocycles. The van der Waals surface area contributed by atoms with E-state index in [1.807, 2.05) is 12.1 Å². The zero-order chi connectivity index (χ0) is 15.7. The number of H-pyrrole nitrogens is 2. The minimum absolute atomic E-state index is 0.160. The Morgan fingerprint density at radius 1 is 1.41 bits per heavy atom. The molecule has 1 saturated carbocycles. The minimum Gasteiger partial charge on any atom is -0.313 e. The van der Waals surface area contributed by atoms with Gasteiger partial charge in [-0.1, -0.05) is 17.7 Å². The highest BCUT2D eigenvalue weighted by molar-refractivity contribution is 6.30. The standard InChI is InChI=1S/C14H10ClN5O2/c15-12-9(8-4-7(8)2-1-3-16)5-11(19-20-12)10-6-17-14(22)18-13(10)21/h1-2,5-8H,4H2,(H2,17,18,21,22)/b2-1+/t7-,8-/m0/s1. The van der Waals surface area contributed by atoms with Gasteiger partial charge in [0.05, 0.1) is 11.6 Å². The first kappa shape index (κ1) is 14.2. The minimum atomic E-state index is -0.584. The fourth-order valence-electron chi connectivity index (χ4n) is 2.33. The molecular weight excluding hydrogens is 306 g/mol. The molecule has 0 radical (unpaired) electrons. The van der Waals surface area contributed by atoms with E-state index in [0.29, 0.717) is 5.69 Å². The van der Waals surface area contributed by atoms with Gasteiger partial charge >= 0.3 is 5.69 Å². The Bertz CT molecular complexity index is 908. The van der Waals surface area contributed by atoms with Crippen molar-refractivity contribution in [1.29, 1.82) is 5.26 Å². The summed E-state index contributed by atoms with van der Waals surface area (Å²) in [6, 6.07) is 3.65. The maximum atomic E-state index is 11.8. The van der Waals surface area contributed by atoms with Crippen molar-refractivity contribution in [3.63, 3.8) is 0 Å². The Labute approximate surface area is 129 Å². The number of nitriles is 1. The van der Waals surface area contributed by atoms with Crippen LogP contribution in [0.2, 0.25) is 5.15 Å². The van der Waals surface area contributed by atoms with Crippen LogP contribution in [-0.2, 0) is 0 Å². The molecule has 0 unspecified atom stereocenters. The first-order chi connectivity index (χ1) is 10.6. The van der Waals surface area contributed by atoms with Crippen molar-refractivity contribution in [2.75, 3.05) is 0 Å². The van der Waals surface area contributed by atoms with Gasteiger partial charge in [-0.3, -0.25) is 9.78 Å². The van der Waals surface area contributed by atoms with Gasteiger partial charge in [0, 0.05) is 12.3 Å². The first-order valence-electron chi connectivity index (χ1n) is 6.52. The lowest BCUT2D eigenvalue weighted by atomic mass is 10.1. The first-order valence-corrected chi connectivity index (χ1v) is 6.89. The van der Waals surface area contributed by atoms with E-state index < -0.39 is 11.2 Å². The molecule has 0 amide bonds. The highest BCUT2D eigenvalue weighted by Crippen LogP contribution is 2.50. The van der Waals surface area contributed by atoms with E-state index in [1.165, 1.54) is 12.3 Å². The number of nitrogens with zero attached hydrogens (tertiary/aromatic N) is 3. The molecule has 1 aliphatic carbocycles. The zero-order valence-electron chi connectivity index (χ0n) is 11.2. The molecule has 110 valence electrons. The van der Waals surface area contributed by atoms with Crippen LogP contribution in [0.15, 0.2) is 34.0 Å². The highest BCUT2D eigenvalue weighted by Gasteiger charge is 2.38. The number of rotatable bonds is 3. The van der Waals surface area contributed by atoms with E-state index in [-0.39, 0.29) is 22.6 Å². The van der Waals surface area contributed by atoms with Crippen LogP contribution in [0.5, 0.6) is 0 Å². The zero-order valence-corrected chi connectivity index (χ0v) is 12.0. The Morgan fingerprint density at radius 2 is 2.23 bits per heavy atom. The van der Waals surface area contributed by atoms with Crippen LogP contribution in [0.3, 0.4) is 0 Å². The van der Waals surface area contributed by atoms with Gasteiger partial charge in [0.1, 0.15) is 5.69 Å². The van der Waals surface area contributed by atoms with Crippen molar-refractivity contribution < 1.29 is 0 Å². The third kappa shape index (κ3) is 2.69. The summed E-state index contributed by atoms with van der Waals surface area (Å²) in [5, 5.41) is 16.6. The number of aromatic amines is 2. The molecule has 2 N–H and O–H groups in total. The van der Waals surface area contributed by atoms with Crippen LogP contribution < -0.4 is 11.2 Å². The summed E-state index contributed by atoms with van der Waals surface area (Å²) in [5.41, 5.74) is 0.217. The number of halogens is 1. The van der Waals surface area contributed by atoms with Crippen molar-refractivity contribution in [2.45, 2.75) is 12.3 Å². The topological polar surface area (TPSA) is 115 Å². The smallest absolute Gasteiger partial charge is 0.313 e. The van der Waals surface area contributed by atoms with Crippen molar-refractivity contribution in [3.8, 4) is 17.3 Å². The van der Waals surface area contributed by atoms with Crippen LogP contribution in [-0.4, -0.2) is 20.2 Å². The summed E-state index contributed by atoms with van der Waals surface area (Å²) in [5.74, 6) is 0.399. The predicted molar refractivity (Wildman–Crippen MR) is 79.3 cm³/mol. The van der Waals surface area contributed by atoms with Crippen molar-refractivity contribution in [3.05, 3.63) is 56.0 Å². The van der Waals surface area contributed by atoms with E-state index in [2.05, 4.69) is 20.2 Å². The van der Waals surface area contributed by atoms with Crippen molar-refractivity contribution in [1.82, 2.24) is 20.2 Å². The van der Waals surface area contributed by atoms with Gasteiger partial charge in [0.25, 0.3) is 5.56 Å². The van der Waals surface area contributed by atoms with Crippen LogP contribution in [0, 0.1) is 17.2 Å². The maximum Gasteiger partial charge on any atom is 0.325 e. The molecule has 7 nitrogen and oxygen atoms in total. The predicted octanol–water partition coefficient (Wildman–Crippen LogP) is 1.36. The maximum absolute atomic E-state index is 11.8. The molecule has 0 bridgehead atoms. The third-order valence-electron chi connectivity index (χ3n) is 3.53. The van der Waals surface area contributed by atoms with Gasteiger partial charge in [0.2, 0.25) is 0 Å². The molecule has 2 atom stereocenters. The number of aromatic nitrogens is 4. The summed E-state index contributed by atoms with van der Waals surface area (Å²) in [4.78, 5) is 27.4. The molecule has 0 aliphatic heterocycles. The van der Waals surface area contributed by atoms with Crippen molar-refractivity contribution >= 4 is 11.6 Å². The normalized spacial score (nSPS) is 20.0. The van der Waals surface area contributed by atoms with Gasteiger partial charge < -0.3 is 4.98 Å². The van der Waals surface area contributed by atoms with Gasteiger partial charge in [-0.25, -0.2) is 4.79 Å². The molecule has 0 aromatic carbocycles. The lowest BCUT2D eigenvalue weighted by Gasteiger charge is -2.04. The quantitative estimate of drug-likeness (QED) is 0.830. The molecule has 0 saturated heterocycles. The monoisotopic (exact) mass is 315 g/mol. The number of hydrogen-bond donors (Lipinski definition) is 2. The Hall–Kier alpha value is -2.72. The van der Waals surface area contributed by atoms with Crippen LogP contribution in [0.1, 0.15) is 17.9 Å². The van der Waals surface area contributed by atoms with Gasteiger partial charge in [-0.2, -0.15) is 5.26 Å². The van der Waals surface area contributed by atoms with Crippen LogP contribution in [0.25, 0.3) is 11.3 Å². The van der Waals surface area contributed by atoms with E-state index in [0.717, 1.165) is 12.0 Å². The average molecular weight is 316 g/mol. The lowest BCUT2D eigenvalue weighted by molar-refractivity contribution is 0.945. The molecule has 2 aromatic heterocycles. The molecule has 2 aromatic rings. The largest absolute Gasteiger partial charge is 0.325 e. The van der Waals surface area contributed by atoms with Gasteiger partial charge in [-0.15, -0.1) is 10.2 Å². The van der Waals surface area contributed by atoms with E-state index in [4.69, 9.17) is 16.9 Å². The van der Waals surface area contributed by atoms with E-state index >= 15 is 0 Å². The molecule has 1 aliphatic rings. The molecular formula is C14H10ClN5O2. The van der Waals surface area contributed by atoms with Crippen LogP contribution in [0.4, 0.5) is 0 Å². The summed E-state index contributed by atoms with van der Waals surface area (Å²) in [6.45, 7) is 0. The van der Waals surface area contributed by atoms with Gasteiger partial charge in [-0.05, 0) is 29.9 Å². The van der Waals surface area contributed by atoms with E-state index in [1.54, 1.807) is 6.07 Å². The second kappa shape index (κ2) is 5.58. The Kier molecular flexibility index (Phi) is 3.61. The van der Waals surface area contributed by atoms with Crippen molar-refractivity contribution in [2.24, 2.45) is 5.92 Å². The summed E-state index contributed by atoms with van der Waals surface area (Å²) >= 11 is 6.08. The summed E-state index contributed by atoms with van der Waals surface area (Å²) in [6.07, 6.45) is 5.43. The number of nitrogens with one attached hydrogen (secondary N) is 2. The lowest BCUT2D eigenvalue weighted by Crippen LogP contribution is -2.23. The molecule has 1 fully saturated rings. The summed E-state index contributed by atoms with van der Waals surface area (Å²) < 4.78 is 0. The second-order valence-corrected chi connectivity index (χ2v) is 5.31. The Morgan fingerprint density at radius 3 is 2.95 bits per heavy atom. The molecule has 22 heavy (non-hydrogen) atoms. The number of hydrogen-bond acceptors (Lipinski definition) is 5. The highest BCUT2D eigenvalue weighted by atomic mass is 35.5. The van der Waals surface area contributed by atoms with Crippen LogP contribution >= 0.6 is 11.6 Å².